The molecule has 0 spiro atoms. The first-order valence-electron chi connectivity index (χ1n) is 21.9. The van der Waals surface area contributed by atoms with Gasteiger partial charge in [-0.3, -0.25) is 0 Å². The van der Waals surface area contributed by atoms with E-state index in [2.05, 4.69) is 65.0 Å². The van der Waals surface area contributed by atoms with Crippen molar-refractivity contribution in [3.63, 3.8) is 0 Å². The van der Waals surface area contributed by atoms with Crippen molar-refractivity contribution < 1.29 is 28.8 Å². The lowest BCUT2D eigenvalue weighted by Gasteiger charge is -2.20. The van der Waals surface area contributed by atoms with Crippen LogP contribution in [0, 0.1) is 0 Å². The summed E-state index contributed by atoms with van der Waals surface area (Å²) in [6.45, 7) is 14.3. The van der Waals surface area contributed by atoms with Gasteiger partial charge in [0.15, 0.2) is 23.0 Å². The second-order valence-electron chi connectivity index (χ2n) is 15.1. The van der Waals surface area contributed by atoms with E-state index in [1.165, 1.54) is 64.2 Å². The first-order chi connectivity index (χ1) is 26.6. The lowest BCUT2D eigenvalue weighted by atomic mass is 9.92. The molecule has 0 aliphatic heterocycles. The van der Waals surface area contributed by atoms with Crippen LogP contribution in [-0.4, -0.2) is 38.1 Å². The molecule has 0 unspecified atom stereocenters. The van der Waals surface area contributed by atoms with E-state index in [1.54, 1.807) is 6.07 Å². The minimum atomic E-state index is 0.198. The Morgan fingerprint density at radius 1 is 0.333 bits per heavy atom. The Morgan fingerprint density at radius 3 is 0.981 bits per heavy atom. The summed E-state index contributed by atoms with van der Waals surface area (Å²) in [5, 5.41) is 17.5. The van der Waals surface area contributed by atoms with Crippen molar-refractivity contribution in [3.8, 4) is 34.5 Å². The smallest absolute Gasteiger partial charge is 0.161 e. The first kappa shape index (κ1) is 43.2. The summed E-state index contributed by atoms with van der Waals surface area (Å²) in [6.07, 6.45) is 22.6. The largest absolute Gasteiger partial charge is 0.507 e. The zero-order chi connectivity index (χ0) is 38.4. The molecule has 0 aliphatic carbocycles. The van der Waals surface area contributed by atoms with Crippen LogP contribution >= 0.6 is 0 Å². The van der Waals surface area contributed by atoms with Gasteiger partial charge in [-0.25, -0.2) is 0 Å². The molecule has 0 fully saturated rings. The molecule has 0 aliphatic rings. The number of phenolic OH excluding ortho intramolecular Hbond substituents is 1. The fraction of sp³-hybridized carbons (Fsp3) is 0.625. The highest BCUT2D eigenvalue weighted by Crippen LogP contribution is 2.48. The number of unbranched alkanes of at least 4 members (excludes halogenated alkanes) is 15. The van der Waals surface area contributed by atoms with Gasteiger partial charge in [-0.05, 0) is 89.4 Å². The van der Waals surface area contributed by atoms with Crippen LogP contribution in [0.25, 0.3) is 32.3 Å². The molecule has 0 amide bonds. The zero-order valence-electron chi connectivity index (χ0n) is 34.6. The van der Waals surface area contributed by atoms with Crippen LogP contribution in [0.2, 0.25) is 0 Å². The molecule has 0 saturated heterocycles. The van der Waals surface area contributed by atoms with Gasteiger partial charge in [0, 0.05) is 11.5 Å². The van der Waals surface area contributed by atoms with Crippen molar-refractivity contribution in [1.82, 2.24) is 0 Å². The van der Waals surface area contributed by atoms with Gasteiger partial charge in [-0.15, -0.1) is 0 Å². The van der Waals surface area contributed by atoms with Crippen molar-refractivity contribution in [2.45, 2.75) is 163 Å². The zero-order valence-corrected chi connectivity index (χ0v) is 34.6. The molecule has 0 heterocycles. The van der Waals surface area contributed by atoms with Gasteiger partial charge in [-0.2, -0.15) is 0 Å². The van der Waals surface area contributed by atoms with E-state index in [0.717, 1.165) is 120 Å². The van der Waals surface area contributed by atoms with E-state index in [4.69, 9.17) is 23.7 Å². The van der Waals surface area contributed by atoms with Crippen LogP contribution in [0.4, 0.5) is 0 Å². The maximum absolute atomic E-state index is 11.8. The Morgan fingerprint density at radius 2 is 0.630 bits per heavy atom. The van der Waals surface area contributed by atoms with Gasteiger partial charge in [0.1, 0.15) is 11.5 Å². The quantitative estimate of drug-likeness (QED) is 0.0424. The summed E-state index contributed by atoms with van der Waals surface area (Å²) in [7, 11) is 0. The first-order valence-corrected chi connectivity index (χ1v) is 21.9. The summed E-state index contributed by atoms with van der Waals surface area (Å²) >= 11 is 0. The maximum atomic E-state index is 11.8. The standard InChI is InChI=1S/C48H72O6/c1-6-11-16-21-26-50-37-31-41-39-34-45(52-28-23-18-13-8-3)44(51-27-22-17-12-7-2)33-38(39)40-35-46(53-29-24-19-14-9-4)47(54-30-25-20-15-10-5)36-42(40)48(41)43(49)32-37/h31-36,49H,6-30H2,1-5H3. The van der Waals surface area contributed by atoms with Crippen LogP contribution in [0.1, 0.15) is 163 Å². The summed E-state index contributed by atoms with van der Waals surface area (Å²) in [5.74, 6) is 3.87. The molecule has 6 nitrogen and oxygen atoms in total. The number of hydrogen-bond acceptors (Lipinski definition) is 6. The lowest BCUT2D eigenvalue weighted by Crippen LogP contribution is -2.04. The fourth-order valence-corrected chi connectivity index (χ4v) is 7.19. The van der Waals surface area contributed by atoms with Crippen LogP contribution in [-0.2, 0) is 0 Å². The number of ether oxygens (including phenoxy) is 5. The molecule has 0 saturated carbocycles. The third-order valence-electron chi connectivity index (χ3n) is 10.4. The number of rotatable bonds is 30. The molecule has 0 atom stereocenters. The molecule has 300 valence electrons. The number of hydrogen-bond donors (Lipinski definition) is 1. The molecular formula is C48H72O6. The second kappa shape index (κ2) is 24.8. The number of fused-ring (bicyclic) bond motifs is 6. The van der Waals surface area contributed by atoms with E-state index < -0.39 is 0 Å². The van der Waals surface area contributed by atoms with Crippen molar-refractivity contribution >= 4 is 32.3 Å². The Labute approximate surface area is 327 Å². The average Bonchev–Trinajstić information content (AvgIpc) is 3.17. The molecule has 4 aromatic rings. The molecular weight excluding hydrogens is 673 g/mol. The van der Waals surface area contributed by atoms with E-state index >= 15 is 0 Å². The SMILES string of the molecule is CCCCCCOc1cc(O)c2c(c1)c1cc(OCCCCCC)c(OCCCCCC)cc1c1cc(OCCCCCC)c(OCCCCCC)cc12. The van der Waals surface area contributed by atoms with E-state index in [0.29, 0.717) is 38.8 Å². The van der Waals surface area contributed by atoms with Gasteiger partial charge >= 0.3 is 0 Å². The highest BCUT2D eigenvalue weighted by atomic mass is 16.5. The summed E-state index contributed by atoms with van der Waals surface area (Å²) < 4.78 is 32.4. The van der Waals surface area contributed by atoms with Gasteiger partial charge in [-0.1, -0.05) is 131 Å². The van der Waals surface area contributed by atoms with Crippen LogP contribution in [0.15, 0.2) is 36.4 Å². The highest BCUT2D eigenvalue weighted by Gasteiger charge is 2.20. The topological polar surface area (TPSA) is 66.4 Å². The normalized spacial score (nSPS) is 11.5. The third-order valence-corrected chi connectivity index (χ3v) is 10.4. The van der Waals surface area contributed by atoms with E-state index in [-0.39, 0.29) is 5.75 Å². The molecule has 6 heteroatoms. The molecule has 54 heavy (non-hydrogen) atoms. The predicted octanol–water partition coefficient (Wildman–Crippen LogP) is 14.6. The molecule has 1 N–H and O–H groups in total. The maximum Gasteiger partial charge on any atom is 0.161 e. The Balaban J connectivity index is 1.89. The predicted molar refractivity (Wildman–Crippen MR) is 229 cm³/mol. The molecule has 4 aromatic carbocycles. The minimum absolute atomic E-state index is 0.198. The Bertz CT molecular complexity index is 1610. The van der Waals surface area contributed by atoms with Gasteiger partial charge < -0.3 is 28.8 Å². The number of aromatic hydroxyl groups is 1. The summed E-state index contributed by atoms with van der Waals surface area (Å²) in [4.78, 5) is 0. The monoisotopic (exact) mass is 745 g/mol. The molecule has 0 aromatic heterocycles. The highest BCUT2D eigenvalue weighted by molar-refractivity contribution is 6.28. The minimum Gasteiger partial charge on any atom is -0.507 e. The summed E-state index contributed by atoms with van der Waals surface area (Å²) in [5.41, 5.74) is 0. The average molecular weight is 745 g/mol. The third kappa shape index (κ3) is 13.0. The molecule has 0 radical (unpaired) electrons. The fourth-order valence-electron chi connectivity index (χ4n) is 7.19. The van der Waals surface area contributed by atoms with Crippen molar-refractivity contribution in [1.29, 1.82) is 0 Å². The molecule has 4 rings (SSSR count). The lowest BCUT2D eigenvalue weighted by molar-refractivity contribution is 0.259. The second-order valence-corrected chi connectivity index (χ2v) is 15.1. The van der Waals surface area contributed by atoms with Crippen molar-refractivity contribution in [2.24, 2.45) is 0 Å². The van der Waals surface area contributed by atoms with E-state index in [9.17, 15) is 5.11 Å². The van der Waals surface area contributed by atoms with Gasteiger partial charge in [0.2, 0.25) is 0 Å². The van der Waals surface area contributed by atoms with Crippen LogP contribution < -0.4 is 23.7 Å². The number of benzene rings is 4. The van der Waals surface area contributed by atoms with Gasteiger partial charge in [0.25, 0.3) is 0 Å². The van der Waals surface area contributed by atoms with Crippen LogP contribution in [0.5, 0.6) is 34.5 Å². The Kier molecular flexibility index (Phi) is 19.8. The van der Waals surface area contributed by atoms with Crippen molar-refractivity contribution in [2.75, 3.05) is 33.0 Å². The molecule has 0 bridgehead atoms. The van der Waals surface area contributed by atoms with E-state index in [1.807, 2.05) is 0 Å². The van der Waals surface area contributed by atoms with Crippen molar-refractivity contribution in [3.05, 3.63) is 36.4 Å². The Hall–Kier alpha value is -3.54. The number of phenols is 1. The summed E-state index contributed by atoms with van der Waals surface area (Å²) in [6, 6.07) is 12.4. The van der Waals surface area contributed by atoms with Crippen LogP contribution in [0.3, 0.4) is 0 Å². The van der Waals surface area contributed by atoms with Gasteiger partial charge in [0.05, 0.1) is 33.0 Å².